The first kappa shape index (κ1) is 22.7. The Balaban J connectivity index is 1.79. The van der Waals surface area contributed by atoms with Crippen LogP contribution in [0.3, 0.4) is 0 Å². The fourth-order valence-electron chi connectivity index (χ4n) is 3.24. The molecule has 0 unspecified atom stereocenters. The first-order valence-corrected chi connectivity index (χ1v) is 10.8. The molecule has 0 saturated carbocycles. The van der Waals surface area contributed by atoms with Crippen LogP contribution in [-0.4, -0.2) is 24.5 Å². The number of amides is 1. The molecule has 1 rings (SSSR count). The maximum Gasteiger partial charge on any atom is 0.328 e. The third-order valence-corrected chi connectivity index (χ3v) is 4.93. The Kier molecular flexibility index (Phi) is 13.9. The molecule has 1 N–H and O–H groups in total. The average Bonchev–Trinajstić information content (AvgIpc) is 3.07. The molecule has 1 aliphatic rings. The lowest BCUT2D eigenvalue weighted by atomic mass is 10.1. The summed E-state index contributed by atoms with van der Waals surface area (Å²) >= 11 is 0. The highest BCUT2D eigenvalue weighted by atomic mass is 16.5. The van der Waals surface area contributed by atoms with Gasteiger partial charge in [0.25, 0.3) is 0 Å². The quantitative estimate of drug-likeness (QED) is 0.225. The summed E-state index contributed by atoms with van der Waals surface area (Å²) in [5, 5.41) is 2.64. The van der Waals surface area contributed by atoms with Gasteiger partial charge >= 0.3 is 5.97 Å². The lowest BCUT2D eigenvalue weighted by Gasteiger charge is -2.09. The maximum absolute atomic E-state index is 11.7. The van der Waals surface area contributed by atoms with Crippen molar-refractivity contribution >= 4 is 11.9 Å². The Morgan fingerprint density at radius 2 is 1.54 bits per heavy atom. The molecule has 0 bridgehead atoms. The molecule has 0 aliphatic carbocycles. The highest BCUT2D eigenvalue weighted by Crippen LogP contribution is 2.11. The van der Waals surface area contributed by atoms with Crippen molar-refractivity contribution in [3.05, 3.63) is 12.2 Å². The van der Waals surface area contributed by atoms with Crippen LogP contribution in [0.25, 0.3) is 0 Å². The van der Waals surface area contributed by atoms with E-state index in [1.54, 1.807) is 0 Å². The van der Waals surface area contributed by atoms with Crippen LogP contribution in [0.4, 0.5) is 0 Å². The molecule has 1 atom stereocenters. The second kappa shape index (κ2) is 15.9. The van der Waals surface area contributed by atoms with E-state index in [1.165, 1.54) is 57.8 Å². The standard InChI is InChI=1S/C22H39NO3/c1-2-3-4-5-6-7-8-9-10-11-12-13-14-15-16-19-26-22(25)20-17-18-21(24)23-20/h11-12,20H,2-10,13-19H2,1H3,(H,23,24)/b12-11+/t20-/m0/s1. The van der Waals surface area contributed by atoms with E-state index >= 15 is 0 Å². The molecule has 1 heterocycles. The second-order valence-corrected chi connectivity index (χ2v) is 7.41. The van der Waals surface area contributed by atoms with E-state index in [0.717, 1.165) is 25.7 Å². The van der Waals surface area contributed by atoms with Gasteiger partial charge in [-0.3, -0.25) is 4.79 Å². The predicted octanol–water partition coefficient (Wildman–Crippen LogP) is 5.46. The van der Waals surface area contributed by atoms with Crippen molar-refractivity contribution in [3.8, 4) is 0 Å². The normalized spacial score (nSPS) is 17.0. The summed E-state index contributed by atoms with van der Waals surface area (Å²) in [6, 6.07) is -0.415. The topological polar surface area (TPSA) is 55.4 Å². The minimum atomic E-state index is -0.415. The number of carbonyl (C=O) groups is 2. The Hall–Kier alpha value is -1.32. The van der Waals surface area contributed by atoms with E-state index in [9.17, 15) is 9.59 Å². The van der Waals surface area contributed by atoms with Crippen LogP contribution in [0.2, 0.25) is 0 Å². The van der Waals surface area contributed by atoms with Crippen molar-refractivity contribution in [3.63, 3.8) is 0 Å². The molecular formula is C22H39NO3. The largest absolute Gasteiger partial charge is 0.464 e. The van der Waals surface area contributed by atoms with E-state index in [-0.39, 0.29) is 11.9 Å². The third kappa shape index (κ3) is 12.1. The van der Waals surface area contributed by atoms with Gasteiger partial charge in [-0.05, 0) is 44.9 Å². The number of ether oxygens (including phenoxy) is 1. The van der Waals surface area contributed by atoms with Gasteiger partial charge in [-0.2, -0.15) is 0 Å². The summed E-state index contributed by atoms with van der Waals surface area (Å²) in [5.74, 6) is -0.327. The van der Waals surface area contributed by atoms with E-state index in [1.807, 2.05) is 0 Å². The zero-order valence-corrected chi connectivity index (χ0v) is 16.8. The summed E-state index contributed by atoms with van der Waals surface area (Å²) < 4.78 is 5.22. The second-order valence-electron chi connectivity index (χ2n) is 7.41. The summed E-state index contributed by atoms with van der Waals surface area (Å²) in [7, 11) is 0. The van der Waals surface area contributed by atoms with Gasteiger partial charge in [-0.1, -0.05) is 64.0 Å². The third-order valence-electron chi connectivity index (χ3n) is 4.93. The molecule has 1 amide bonds. The molecule has 0 aromatic carbocycles. The average molecular weight is 366 g/mol. The van der Waals surface area contributed by atoms with Gasteiger partial charge in [0.2, 0.25) is 5.91 Å². The van der Waals surface area contributed by atoms with Gasteiger partial charge < -0.3 is 10.1 Å². The van der Waals surface area contributed by atoms with Crippen LogP contribution in [0.15, 0.2) is 12.2 Å². The molecular weight excluding hydrogens is 326 g/mol. The number of nitrogens with one attached hydrogen (secondary N) is 1. The van der Waals surface area contributed by atoms with Gasteiger partial charge in [0, 0.05) is 6.42 Å². The molecule has 26 heavy (non-hydrogen) atoms. The minimum absolute atomic E-state index is 0.0503. The Labute approximate surface area is 160 Å². The monoisotopic (exact) mass is 365 g/mol. The number of allylic oxidation sites excluding steroid dienone is 2. The highest BCUT2D eigenvalue weighted by molar-refractivity contribution is 5.87. The fraction of sp³-hybridized carbons (Fsp3) is 0.818. The molecule has 0 aromatic heterocycles. The Morgan fingerprint density at radius 3 is 2.12 bits per heavy atom. The van der Waals surface area contributed by atoms with Crippen LogP contribution >= 0.6 is 0 Å². The smallest absolute Gasteiger partial charge is 0.328 e. The fourth-order valence-corrected chi connectivity index (χ4v) is 3.24. The molecule has 4 nitrogen and oxygen atoms in total. The number of carbonyl (C=O) groups excluding carboxylic acids is 2. The number of esters is 1. The van der Waals surface area contributed by atoms with Gasteiger partial charge in [-0.25, -0.2) is 4.79 Å². The number of hydrogen-bond acceptors (Lipinski definition) is 3. The molecule has 150 valence electrons. The van der Waals surface area contributed by atoms with Gasteiger partial charge in [0.05, 0.1) is 6.61 Å². The van der Waals surface area contributed by atoms with E-state index < -0.39 is 6.04 Å². The number of unbranched alkanes of at least 4 members (excludes halogenated alkanes) is 11. The number of rotatable bonds is 16. The summed E-state index contributed by atoms with van der Waals surface area (Å²) in [6.45, 7) is 2.73. The minimum Gasteiger partial charge on any atom is -0.464 e. The highest BCUT2D eigenvalue weighted by Gasteiger charge is 2.28. The Bertz CT molecular complexity index is 406. The van der Waals surface area contributed by atoms with Crippen molar-refractivity contribution in [2.45, 2.75) is 109 Å². The molecule has 4 heteroatoms. The number of hydrogen-bond donors (Lipinski definition) is 1. The lowest BCUT2D eigenvalue weighted by Crippen LogP contribution is -2.34. The van der Waals surface area contributed by atoms with E-state index in [2.05, 4.69) is 24.4 Å². The predicted molar refractivity (Wildman–Crippen MR) is 107 cm³/mol. The van der Waals surface area contributed by atoms with E-state index in [4.69, 9.17) is 4.74 Å². The summed E-state index contributed by atoms with van der Waals surface area (Å²) in [5.41, 5.74) is 0. The zero-order chi connectivity index (χ0) is 18.9. The molecule has 1 aliphatic heterocycles. The summed E-state index contributed by atoms with van der Waals surface area (Å²) in [4.78, 5) is 22.7. The molecule has 0 aromatic rings. The van der Waals surface area contributed by atoms with Crippen molar-refractivity contribution < 1.29 is 14.3 Å². The van der Waals surface area contributed by atoms with Gasteiger partial charge in [0.1, 0.15) is 6.04 Å². The van der Waals surface area contributed by atoms with Crippen molar-refractivity contribution in [2.75, 3.05) is 6.61 Å². The molecule has 1 saturated heterocycles. The van der Waals surface area contributed by atoms with Gasteiger partial charge in [-0.15, -0.1) is 0 Å². The van der Waals surface area contributed by atoms with Crippen LogP contribution in [0.5, 0.6) is 0 Å². The molecule has 0 radical (unpaired) electrons. The first-order valence-electron chi connectivity index (χ1n) is 10.8. The van der Waals surface area contributed by atoms with Crippen molar-refractivity contribution in [1.29, 1.82) is 0 Å². The lowest BCUT2D eigenvalue weighted by molar-refractivity contribution is -0.146. The zero-order valence-electron chi connectivity index (χ0n) is 16.8. The van der Waals surface area contributed by atoms with E-state index in [0.29, 0.717) is 19.4 Å². The van der Waals surface area contributed by atoms with Crippen LogP contribution in [0.1, 0.15) is 103 Å². The van der Waals surface area contributed by atoms with Crippen LogP contribution < -0.4 is 5.32 Å². The maximum atomic E-state index is 11.7. The van der Waals surface area contributed by atoms with Crippen LogP contribution in [-0.2, 0) is 14.3 Å². The SMILES string of the molecule is CCCCCCCCCC/C=C/CCCCCOC(=O)[C@@H]1CCC(=O)N1. The molecule has 0 spiro atoms. The Morgan fingerprint density at radius 1 is 0.962 bits per heavy atom. The van der Waals surface area contributed by atoms with Gasteiger partial charge in [0.15, 0.2) is 0 Å². The molecule has 1 fully saturated rings. The summed E-state index contributed by atoms with van der Waals surface area (Å²) in [6.07, 6.45) is 22.1. The van der Waals surface area contributed by atoms with Crippen LogP contribution in [0, 0.1) is 0 Å². The first-order chi connectivity index (χ1) is 12.7. The van der Waals surface area contributed by atoms with Crippen molar-refractivity contribution in [1.82, 2.24) is 5.32 Å². The van der Waals surface area contributed by atoms with Crippen molar-refractivity contribution in [2.24, 2.45) is 0 Å².